The summed E-state index contributed by atoms with van der Waals surface area (Å²) in [6.07, 6.45) is -3.33. The van der Waals surface area contributed by atoms with Crippen molar-refractivity contribution in [2.45, 2.75) is 6.18 Å². The Labute approximate surface area is 162 Å². The predicted molar refractivity (Wildman–Crippen MR) is 96.4 cm³/mol. The molecule has 0 unspecified atom stereocenters. The van der Waals surface area contributed by atoms with Gasteiger partial charge in [0.1, 0.15) is 18.0 Å². The SMILES string of the molecule is O=C(CN1C(=O)N/C(=C\c2ccc(O)cc2)C1=O)Nc1ccccc1C(F)(F)F. The second kappa shape index (κ2) is 7.66. The molecule has 1 aliphatic rings. The van der Waals surface area contributed by atoms with Gasteiger partial charge in [0.2, 0.25) is 5.91 Å². The first-order chi connectivity index (χ1) is 13.6. The number of para-hydroxylation sites is 1. The summed E-state index contributed by atoms with van der Waals surface area (Å²) in [5.41, 5.74) is -1.11. The lowest BCUT2D eigenvalue weighted by Gasteiger charge is -2.15. The van der Waals surface area contributed by atoms with Gasteiger partial charge in [0.25, 0.3) is 5.91 Å². The zero-order valence-corrected chi connectivity index (χ0v) is 14.7. The fourth-order valence-corrected chi connectivity index (χ4v) is 2.63. The minimum absolute atomic E-state index is 0.0198. The molecule has 1 fully saturated rings. The number of phenolic OH excluding ortho intramolecular Hbond substituents is 1. The lowest BCUT2D eigenvalue weighted by Crippen LogP contribution is -2.38. The van der Waals surface area contributed by atoms with Crippen LogP contribution in [0.25, 0.3) is 6.08 Å². The molecular formula is C19H14F3N3O4. The van der Waals surface area contributed by atoms with E-state index in [1.165, 1.54) is 42.5 Å². The normalized spacial score (nSPS) is 15.6. The van der Waals surface area contributed by atoms with Gasteiger partial charge in [0.05, 0.1) is 11.3 Å². The van der Waals surface area contributed by atoms with Gasteiger partial charge in [0.15, 0.2) is 0 Å². The van der Waals surface area contributed by atoms with Crippen LogP contribution >= 0.6 is 0 Å². The molecule has 0 saturated carbocycles. The van der Waals surface area contributed by atoms with Gasteiger partial charge in [-0.1, -0.05) is 24.3 Å². The fraction of sp³-hybridized carbons (Fsp3) is 0.105. The Bertz CT molecular complexity index is 1000. The number of nitrogens with one attached hydrogen (secondary N) is 2. The standard InChI is InChI=1S/C19H14F3N3O4/c20-19(21,22)13-3-1-2-4-14(13)23-16(27)10-25-17(28)15(24-18(25)29)9-11-5-7-12(26)8-6-11/h1-9,26H,10H2,(H,23,27)(H,24,29)/b15-9-. The van der Waals surface area contributed by atoms with Crippen molar-refractivity contribution in [3.63, 3.8) is 0 Å². The van der Waals surface area contributed by atoms with Crippen molar-refractivity contribution >= 4 is 29.6 Å². The minimum Gasteiger partial charge on any atom is -0.508 e. The number of carbonyl (C=O) groups excluding carboxylic acids is 3. The molecular weight excluding hydrogens is 391 g/mol. The molecule has 10 heteroatoms. The van der Waals surface area contributed by atoms with Gasteiger partial charge in [-0.2, -0.15) is 13.2 Å². The number of aromatic hydroxyl groups is 1. The van der Waals surface area contributed by atoms with Crippen molar-refractivity contribution in [1.29, 1.82) is 0 Å². The molecule has 2 aromatic carbocycles. The molecule has 0 spiro atoms. The van der Waals surface area contributed by atoms with Crippen LogP contribution in [0.4, 0.5) is 23.7 Å². The van der Waals surface area contributed by atoms with Crippen LogP contribution < -0.4 is 10.6 Å². The van der Waals surface area contributed by atoms with Crippen LogP contribution in [0.5, 0.6) is 5.75 Å². The van der Waals surface area contributed by atoms with E-state index in [1.54, 1.807) is 0 Å². The molecule has 3 N–H and O–H groups in total. The van der Waals surface area contributed by atoms with Crippen molar-refractivity contribution in [3.8, 4) is 5.75 Å². The second-order valence-electron chi connectivity index (χ2n) is 6.06. The first kappa shape index (κ1) is 19.9. The highest BCUT2D eigenvalue weighted by Crippen LogP contribution is 2.34. The van der Waals surface area contributed by atoms with E-state index in [2.05, 4.69) is 10.6 Å². The van der Waals surface area contributed by atoms with Crippen molar-refractivity contribution in [1.82, 2.24) is 10.2 Å². The third-order valence-electron chi connectivity index (χ3n) is 3.97. The zero-order valence-electron chi connectivity index (χ0n) is 14.7. The highest BCUT2D eigenvalue weighted by atomic mass is 19.4. The molecule has 0 bridgehead atoms. The summed E-state index contributed by atoms with van der Waals surface area (Å²) in [4.78, 5) is 37.1. The van der Waals surface area contributed by atoms with Crippen molar-refractivity contribution in [3.05, 3.63) is 65.4 Å². The summed E-state index contributed by atoms with van der Waals surface area (Å²) in [6, 6.07) is 9.28. The van der Waals surface area contributed by atoms with Crippen molar-refractivity contribution in [2.75, 3.05) is 11.9 Å². The highest BCUT2D eigenvalue weighted by Gasteiger charge is 2.36. The molecule has 1 heterocycles. The van der Waals surface area contributed by atoms with Crippen LogP contribution in [0.2, 0.25) is 0 Å². The summed E-state index contributed by atoms with van der Waals surface area (Å²) in [7, 11) is 0. The van der Waals surface area contributed by atoms with E-state index in [9.17, 15) is 32.7 Å². The molecule has 1 aliphatic heterocycles. The molecule has 7 nitrogen and oxygen atoms in total. The summed E-state index contributed by atoms with van der Waals surface area (Å²) >= 11 is 0. The number of halogens is 3. The maximum atomic E-state index is 13.0. The minimum atomic E-state index is -4.68. The first-order valence-corrected chi connectivity index (χ1v) is 8.25. The Morgan fingerprint density at radius 1 is 1.10 bits per heavy atom. The average Bonchev–Trinajstić information content (AvgIpc) is 2.90. The van der Waals surface area contributed by atoms with Gasteiger partial charge >= 0.3 is 12.2 Å². The Balaban J connectivity index is 1.72. The number of urea groups is 1. The summed E-state index contributed by atoms with van der Waals surface area (Å²) in [5.74, 6) is -1.75. The molecule has 150 valence electrons. The highest BCUT2D eigenvalue weighted by molar-refractivity contribution is 6.16. The Kier molecular flexibility index (Phi) is 5.26. The third kappa shape index (κ3) is 4.54. The van der Waals surface area contributed by atoms with Gasteiger partial charge < -0.3 is 15.7 Å². The number of anilines is 1. The van der Waals surface area contributed by atoms with Crippen molar-refractivity contribution in [2.24, 2.45) is 0 Å². The first-order valence-electron chi connectivity index (χ1n) is 8.25. The number of nitrogens with zero attached hydrogens (tertiary/aromatic N) is 1. The van der Waals surface area contributed by atoms with Gasteiger partial charge in [-0.05, 0) is 35.9 Å². The molecule has 0 aliphatic carbocycles. The Hall–Kier alpha value is -3.82. The summed E-state index contributed by atoms with van der Waals surface area (Å²) < 4.78 is 39.0. The molecule has 3 rings (SSSR count). The largest absolute Gasteiger partial charge is 0.508 e. The van der Waals surface area contributed by atoms with E-state index in [0.717, 1.165) is 12.1 Å². The Morgan fingerprint density at radius 3 is 2.41 bits per heavy atom. The maximum absolute atomic E-state index is 13.0. The monoisotopic (exact) mass is 405 g/mol. The molecule has 0 atom stereocenters. The van der Waals surface area contributed by atoms with Gasteiger partial charge in [0, 0.05) is 0 Å². The van der Waals surface area contributed by atoms with E-state index in [1.807, 2.05) is 0 Å². The number of amides is 4. The van der Waals surface area contributed by atoms with E-state index >= 15 is 0 Å². The number of hydrogen-bond donors (Lipinski definition) is 3. The quantitative estimate of drug-likeness (QED) is 0.538. The second-order valence-corrected chi connectivity index (χ2v) is 6.06. The lowest BCUT2D eigenvalue weighted by atomic mass is 10.1. The van der Waals surface area contributed by atoms with E-state index < -0.39 is 41.8 Å². The van der Waals surface area contributed by atoms with Crippen molar-refractivity contribution < 1.29 is 32.7 Å². The molecule has 2 aromatic rings. The average molecular weight is 405 g/mol. The van der Waals surface area contributed by atoms with Crippen LogP contribution in [0.15, 0.2) is 54.2 Å². The Morgan fingerprint density at radius 2 is 1.76 bits per heavy atom. The smallest absolute Gasteiger partial charge is 0.418 e. The molecule has 4 amide bonds. The van der Waals surface area contributed by atoms with Gasteiger partial charge in [-0.25, -0.2) is 9.69 Å². The number of carbonyl (C=O) groups is 3. The number of phenols is 1. The zero-order chi connectivity index (χ0) is 21.2. The molecule has 0 aromatic heterocycles. The van der Waals surface area contributed by atoms with Crippen LogP contribution in [-0.4, -0.2) is 34.4 Å². The number of imide groups is 1. The summed E-state index contributed by atoms with van der Waals surface area (Å²) in [5, 5.41) is 13.6. The third-order valence-corrected chi connectivity index (χ3v) is 3.97. The number of rotatable bonds is 4. The van der Waals surface area contributed by atoms with Crippen LogP contribution in [0.3, 0.4) is 0 Å². The predicted octanol–water partition coefficient (Wildman–Crippen LogP) is 2.94. The molecule has 1 saturated heterocycles. The van der Waals surface area contributed by atoms with E-state index in [0.29, 0.717) is 10.5 Å². The van der Waals surface area contributed by atoms with E-state index in [4.69, 9.17) is 0 Å². The van der Waals surface area contributed by atoms with Crippen LogP contribution in [-0.2, 0) is 15.8 Å². The fourth-order valence-electron chi connectivity index (χ4n) is 2.63. The maximum Gasteiger partial charge on any atom is 0.418 e. The summed E-state index contributed by atoms with van der Waals surface area (Å²) in [6.45, 7) is -0.760. The number of benzene rings is 2. The van der Waals surface area contributed by atoms with Gasteiger partial charge in [-0.15, -0.1) is 0 Å². The van der Waals surface area contributed by atoms with Crippen LogP contribution in [0, 0.1) is 0 Å². The topological polar surface area (TPSA) is 98.7 Å². The number of hydrogen-bond acceptors (Lipinski definition) is 4. The van der Waals surface area contributed by atoms with Crippen LogP contribution in [0.1, 0.15) is 11.1 Å². The molecule has 0 radical (unpaired) electrons. The van der Waals surface area contributed by atoms with E-state index in [-0.39, 0.29) is 11.4 Å². The van der Waals surface area contributed by atoms with Gasteiger partial charge in [-0.3, -0.25) is 9.59 Å². The lowest BCUT2D eigenvalue weighted by molar-refractivity contribution is -0.137. The molecule has 29 heavy (non-hydrogen) atoms. The number of alkyl halides is 3.